The number of amides is 2. The molecule has 3 rings (SSSR count). The quantitative estimate of drug-likeness (QED) is 0.813. The summed E-state index contributed by atoms with van der Waals surface area (Å²) in [7, 11) is 0. The molecule has 144 valence electrons. The van der Waals surface area contributed by atoms with E-state index in [4.69, 9.17) is 0 Å². The van der Waals surface area contributed by atoms with Crippen LogP contribution in [0.15, 0.2) is 6.07 Å². The van der Waals surface area contributed by atoms with Gasteiger partial charge in [-0.1, -0.05) is 26.7 Å². The highest BCUT2D eigenvalue weighted by Crippen LogP contribution is 2.19. The van der Waals surface area contributed by atoms with Gasteiger partial charge >= 0.3 is 0 Å². The van der Waals surface area contributed by atoms with Crippen molar-refractivity contribution in [3.05, 3.63) is 17.5 Å². The fraction of sp³-hybridized carbons (Fsp3) is 0.750. The van der Waals surface area contributed by atoms with E-state index in [1.807, 2.05) is 9.58 Å². The van der Waals surface area contributed by atoms with E-state index in [1.165, 1.54) is 12.8 Å². The zero-order valence-electron chi connectivity index (χ0n) is 16.2. The fourth-order valence-corrected chi connectivity index (χ4v) is 3.84. The lowest BCUT2D eigenvalue weighted by Gasteiger charge is -2.28. The predicted molar refractivity (Wildman–Crippen MR) is 100 cm³/mol. The largest absolute Gasteiger partial charge is 0.353 e. The van der Waals surface area contributed by atoms with Gasteiger partial charge in [0.25, 0.3) is 0 Å². The Morgan fingerprint density at radius 3 is 2.73 bits per heavy atom. The molecule has 0 unspecified atom stereocenters. The molecule has 0 saturated heterocycles. The molecular formula is C20H32N4O2. The third kappa shape index (κ3) is 5.08. The van der Waals surface area contributed by atoms with Gasteiger partial charge < -0.3 is 10.2 Å². The van der Waals surface area contributed by atoms with Crippen LogP contribution in [-0.4, -0.2) is 39.1 Å². The Morgan fingerprint density at radius 1 is 1.23 bits per heavy atom. The van der Waals surface area contributed by atoms with Crippen molar-refractivity contribution in [2.24, 2.45) is 5.92 Å². The van der Waals surface area contributed by atoms with Gasteiger partial charge in [-0.05, 0) is 31.2 Å². The third-order valence-electron chi connectivity index (χ3n) is 5.47. The Balaban J connectivity index is 1.47. The molecule has 26 heavy (non-hydrogen) atoms. The molecule has 2 heterocycles. The summed E-state index contributed by atoms with van der Waals surface area (Å²) in [6.07, 6.45) is 7.41. The van der Waals surface area contributed by atoms with E-state index >= 15 is 0 Å². The number of fused-ring (bicyclic) bond motifs is 1. The fourth-order valence-electron chi connectivity index (χ4n) is 3.84. The zero-order valence-corrected chi connectivity index (χ0v) is 16.2. The molecule has 1 saturated carbocycles. The van der Waals surface area contributed by atoms with Crippen molar-refractivity contribution in [2.75, 3.05) is 6.54 Å². The van der Waals surface area contributed by atoms with E-state index in [2.05, 4.69) is 30.3 Å². The Kier molecular flexibility index (Phi) is 6.33. The van der Waals surface area contributed by atoms with Crippen LogP contribution >= 0.6 is 0 Å². The molecule has 1 aromatic rings. The first kappa shape index (κ1) is 18.9. The average Bonchev–Trinajstić information content (AvgIpc) is 3.26. The lowest BCUT2D eigenvalue weighted by atomic mass is 10.1. The van der Waals surface area contributed by atoms with Gasteiger partial charge in [-0.3, -0.25) is 14.3 Å². The summed E-state index contributed by atoms with van der Waals surface area (Å²) in [4.78, 5) is 26.4. The van der Waals surface area contributed by atoms with Gasteiger partial charge in [0.15, 0.2) is 0 Å². The number of hydrogen-bond acceptors (Lipinski definition) is 3. The molecule has 2 aliphatic rings. The summed E-state index contributed by atoms with van der Waals surface area (Å²) < 4.78 is 2.00. The molecular weight excluding hydrogens is 328 g/mol. The highest BCUT2D eigenvalue weighted by Gasteiger charge is 2.22. The van der Waals surface area contributed by atoms with Crippen molar-refractivity contribution in [3.8, 4) is 0 Å². The topological polar surface area (TPSA) is 67.2 Å². The van der Waals surface area contributed by atoms with E-state index in [-0.39, 0.29) is 11.8 Å². The maximum absolute atomic E-state index is 12.3. The van der Waals surface area contributed by atoms with Gasteiger partial charge in [0.1, 0.15) is 0 Å². The average molecular weight is 361 g/mol. The second-order valence-corrected chi connectivity index (χ2v) is 8.15. The second-order valence-electron chi connectivity index (χ2n) is 8.15. The van der Waals surface area contributed by atoms with Crippen LogP contribution in [0.1, 0.15) is 70.2 Å². The first-order valence-corrected chi connectivity index (χ1v) is 10.1. The summed E-state index contributed by atoms with van der Waals surface area (Å²) in [5.74, 6) is 0.924. The SMILES string of the molecule is CC(C)CCC(=O)N1CCn2nc(CCC(=O)NC3CCCC3)cc2C1. The lowest BCUT2D eigenvalue weighted by molar-refractivity contribution is -0.133. The molecule has 0 radical (unpaired) electrons. The summed E-state index contributed by atoms with van der Waals surface area (Å²) in [5.41, 5.74) is 2.04. The number of nitrogens with zero attached hydrogens (tertiary/aromatic N) is 3. The van der Waals surface area contributed by atoms with E-state index < -0.39 is 0 Å². The Hall–Kier alpha value is -1.85. The van der Waals surface area contributed by atoms with Gasteiger partial charge in [-0.15, -0.1) is 0 Å². The van der Waals surface area contributed by atoms with Crippen LogP contribution in [0.2, 0.25) is 0 Å². The number of carbonyl (C=O) groups excluding carboxylic acids is 2. The number of aryl methyl sites for hydroxylation is 1. The number of aromatic nitrogens is 2. The summed E-state index contributed by atoms with van der Waals surface area (Å²) in [6.45, 7) is 6.41. The van der Waals surface area contributed by atoms with Gasteiger partial charge in [0.2, 0.25) is 11.8 Å². The van der Waals surface area contributed by atoms with Crippen molar-refractivity contribution < 1.29 is 9.59 Å². The van der Waals surface area contributed by atoms with E-state index in [9.17, 15) is 9.59 Å². The monoisotopic (exact) mass is 360 g/mol. The van der Waals surface area contributed by atoms with Gasteiger partial charge in [-0.2, -0.15) is 5.10 Å². The second kappa shape index (κ2) is 8.69. The lowest BCUT2D eigenvalue weighted by Crippen LogP contribution is -2.38. The van der Waals surface area contributed by atoms with Crippen LogP contribution in [0.5, 0.6) is 0 Å². The number of rotatable bonds is 7. The maximum atomic E-state index is 12.3. The molecule has 0 spiro atoms. The van der Waals surface area contributed by atoms with E-state index in [0.29, 0.717) is 37.8 Å². The van der Waals surface area contributed by atoms with Crippen LogP contribution in [-0.2, 0) is 29.1 Å². The molecule has 2 amide bonds. The number of nitrogens with one attached hydrogen (secondary N) is 1. The number of carbonyl (C=O) groups is 2. The minimum Gasteiger partial charge on any atom is -0.353 e. The Labute approximate surface area is 156 Å². The highest BCUT2D eigenvalue weighted by molar-refractivity contribution is 5.76. The standard InChI is InChI=1S/C20H32N4O2/c1-15(2)7-10-20(26)23-11-12-24-18(14-23)13-17(22-24)8-9-19(25)21-16-5-3-4-6-16/h13,15-16H,3-12,14H2,1-2H3,(H,21,25). The summed E-state index contributed by atoms with van der Waals surface area (Å²) in [6, 6.07) is 2.44. The van der Waals surface area contributed by atoms with Crippen molar-refractivity contribution in [1.82, 2.24) is 20.0 Å². The van der Waals surface area contributed by atoms with Crippen molar-refractivity contribution in [3.63, 3.8) is 0 Å². The molecule has 6 heteroatoms. The highest BCUT2D eigenvalue weighted by atomic mass is 16.2. The molecule has 1 N–H and O–H groups in total. The molecule has 0 bridgehead atoms. The predicted octanol–water partition coefficient (Wildman–Crippen LogP) is 2.65. The minimum absolute atomic E-state index is 0.133. The third-order valence-corrected chi connectivity index (χ3v) is 5.47. The van der Waals surface area contributed by atoms with Crippen LogP contribution in [0.4, 0.5) is 0 Å². The molecule has 6 nitrogen and oxygen atoms in total. The first-order chi connectivity index (χ1) is 12.5. The molecule has 1 aliphatic carbocycles. The van der Waals surface area contributed by atoms with Crippen molar-refractivity contribution >= 4 is 11.8 Å². The van der Waals surface area contributed by atoms with Gasteiger partial charge in [0, 0.05) is 31.8 Å². The summed E-state index contributed by atoms with van der Waals surface area (Å²) >= 11 is 0. The van der Waals surface area contributed by atoms with E-state index in [0.717, 1.165) is 43.7 Å². The molecule has 0 atom stereocenters. The Morgan fingerprint density at radius 2 is 2.00 bits per heavy atom. The zero-order chi connectivity index (χ0) is 18.5. The van der Waals surface area contributed by atoms with Gasteiger partial charge in [-0.25, -0.2) is 0 Å². The van der Waals surface area contributed by atoms with Crippen LogP contribution in [0.3, 0.4) is 0 Å². The minimum atomic E-state index is 0.133. The van der Waals surface area contributed by atoms with Crippen molar-refractivity contribution in [2.45, 2.75) is 84.3 Å². The molecule has 1 fully saturated rings. The van der Waals surface area contributed by atoms with Crippen LogP contribution < -0.4 is 5.32 Å². The van der Waals surface area contributed by atoms with E-state index in [1.54, 1.807) is 0 Å². The number of hydrogen-bond donors (Lipinski definition) is 1. The smallest absolute Gasteiger partial charge is 0.222 e. The van der Waals surface area contributed by atoms with Crippen LogP contribution in [0.25, 0.3) is 0 Å². The normalized spacial score (nSPS) is 17.6. The molecule has 1 aromatic heterocycles. The molecule has 1 aliphatic heterocycles. The first-order valence-electron chi connectivity index (χ1n) is 10.1. The van der Waals surface area contributed by atoms with Crippen LogP contribution in [0, 0.1) is 5.92 Å². The maximum Gasteiger partial charge on any atom is 0.222 e. The Bertz CT molecular complexity index is 632. The summed E-state index contributed by atoms with van der Waals surface area (Å²) in [5, 5.41) is 7.75. The molecule has 0 aromatic carbocycles. The van der Waals surface area contributed by atoms with Crippen molar-refractivity contribution in [1.29, 1.82) is 0 Å². The van der Waals surface area contributed by atoms with Gasteiger partial charge in [0.05, 0.1) is 24.5 Å².